The first-order valence-corrected chi connectivity index (χ1v) is 8.18. The van der Waals surface area contributed by atoms with E-state index in [1.54, 1.807) is 7.11 Å². The van der Waals surface area contributed by atoms with Crippen molar-refractivity contribution in [2.45, 2.75) is 6.04 Å². The quantitative estimate of drug-likeness (QED) is 0.650. The van der Waals surface area contributed by atoms with Crippen LogP contribution in [0.25, 0.3) is 16.6 Å². The zero-order valence-corrected chi connectivity index (χ0v) is 14.1. The molecule has 0 spiro atoms. The number of hydrogen-bond acceptors (Lipinski definition) is 3. The van der Waals surface area contributed by atoms with E-state index in [1.165, 1.54) is 5.56 Å². The zero-order valence-electron chi connectivity index (χ0n) is 12.6. The highest BCUT2D eigenvalue weighted by Crippen LogP contribution is 2.31. The molecule has 3 N–H and O–H groups in total. The highest BCUT2D eigenvalue weighted by atomic mass is 79.9. The molecule has 1 aromatic heterocycles. The monoisotopic (exact) mass is 369 g/mol. The highest BCUT2D eigenvalue weighted by molar-refractivity contribution is 9.10. The summed E-state index contributed by atoms with van der Waals surface area (Å²) in [6.45, 7) is 0. The summed E-state index contributed by atoms with van der Waals surface area (Å²) in [5, 5.41) is 1.16. The average Bonchev–Trinajstić information content (AvgIpc) is 3.21. The fourth-order valence-electron chi connectivity index (χ4n) is 2.88. The van der Waals surface area contributed by atoms with E-state index in [4.69, 9.17) is 4.74 Å². The summed E-state index contributed by atoms with van der Waals surface area (Å²) in [7, 11) is 1.69. The number of rotatable bonds is 3. The summed E-state index contributed by atoms with van der Waals surface area (Å²) in [4.78, 5) is 3.32. The summed E-state index contributed by atoms with van der Waals surface area (Å²) in [6, 6.07) is 14.4. The number of hydrogen-bond donors (Lipinski definition) is 3. The average molecular weight is 370 g/mol. The summed E-state index contributed by atoms with van der Waals surface area (Å²) in [6.07, 6.45) is 4.25. The van der Waals surface area contributed by atoms with Gasteiger partial charge in [0, 0.05) is 27.1 Å². The third kappa shape index (κ3) is 2.62. The van der Waals surface area contributed by atoms with Gasteiger partial charge in [0.25, 0.3) is 0 Å². The number of aromatic nitrogens is 1. The lowest BCUT2D eigenvalue weighted by atomic mass is 10.0. The Morgan fingerprint density at radius 1 is 1.09 bits per heavy atom. The largest absolute Gasteiger partial charge is 0.497 e. The molecule has 0 amide bonds. The number of methoxy groups -OCH3 is 1. The van der Waals surface area contributed by atoms with Crippen LogP contribution in [-0.4, -0.2) is 12.1 Å². The number of halogens is 1. The van der Waals surface area contributed by atoms with E-state index in [9.17, 15) is 0 Å². The smallest absolute Gasteiger partial charge is 0.119 e. The van der Waals surface area contributed by atoms with Gasteiger partial charge < -0.3 is 15.1 Å². The van der Waals surface area contributed by atoms with E-state index in [0.29, 0.717) is 0 Å². The fourth-order valence-corrected chi connectivity index (χ4v) is 3.14. The molecule has 0 saturated carbocycles. The van der Waals surface area contributed by atoms with Gasteiger partial charge >= 0.3 is 0 Å². The third-order valence-corrected chi connectivity index (χ3v) is 4.64. The summed E-state index contributed by atoms with van der Waals surface area (Å²) in [5.74, 6) is 0.862. The number of benzene rings is 2. The molecule has 4 nitrogen and oxygen atoms in total. The number of H-pyrrole nitrogens is 1. The second-order valence-electron chi connectivity index (χ2n) is 5.49. The van der Waals surface area contributed by atoms with Crippen LogP contribution in [0.15, 0.2) is 59.2 Å². The van der Waals surface area contributed by atoms with Crippen molar-refractivity contribution < 1.29 is 4.74 Å². The molecule has 3 aromatic rings. The van der Waals surface area contributed by atoms with Gasteiger partial charge in [-0.2, -0.15) is 0 Å². The van der Waals surface area contributed by atoms with Crippen LogP contribution in [0.4, 0.5) is 0 Å². The second-order valence-corrected chi connectivity index (χ2v) is 6.41. The molecule has 1 aliphatic heterocycles. The first-order chi connectivity index (χ1) is 11.2. The SMILES string of the molecule is COc1ccc2[nH]cc([C@@H]3C=C(c4ccc(Br)cc4)NN3)c2c1. The van der Waals surface area contributed by atoms with Gasteiger partial charge in [-0.3, -0.25) is 0 Å². The minimum atomic E-state index is 0.106. The maximum Gasteiger partial charge on any atom is 0.119 e. The van der Waals surface area contributed by atoms with Crippen molar-refractivity contribution in [2.24, 2.45) is 0 Å². The highest BCUT2D eigenvalue weighted by Gasteiger charge is 2.20. The van der Waals surface area contributed by atoms with E-state index in [0.717, 1.165) is 32.4 Å². The van der Waals surface area contributed by atoms with Gasteiger partial charge in [-0.05, 0) is 42.0 Å². The molecule has 4 rings (SSSR count). The molecule has 0 radical (unpaired) electrons. The minimum absolute atomic E-state index is 0.106. The first kappa shape index (κ1) is 14.4. The van der Waals surface area contributed by atoms with E-state index < -0.39 is 0 Å². The molecule has 23 heavy (non-hydrogen) atoms. The normalized spacial score (nSPS) is 17.1. The van der Waals surface area contributed by atoms with Crippen LogP contribution >= 0.6 is 15.9 Å². The standard InChI is InChI=1S/C18H16BrN3O/c1-23-13-6-7-16-14(8-13)15(10-20-16)18-9-17(21-22-18)11-2-4-12(19)5-3-11/h2-10,18,20-22H,1H3/t18-/m0/s1. The zero-order chi connectivity index (χ0) is 15.8. The first-order valence-electron chi connectivity index (χ1n) is 7.39. The van der Waals surface area contributed by atoms with Crippen molar-refractivity contribution in [3.8, 4) is 5.75 Å². The van der Waals surface area contributed by atoms with Gasteiger partial charge in [-0.15, -0.1) is 0 Å². The lowest BCUT2D eigenvalue weighted by molar-refractivity contribution is 0.415. The number of ether oxygens (including phenoxy) is 1. The van der Waals surface area contributed by atoms with Crippen LogP contribution in [0.5, 0.6) is 5.75 Å². The van der Waals surface area contributed by atoms with Crippen molar-refractivity contribution >= 4 is 32.5 Å². The summed E-state index contributed by atoms with van der Waals surface area (Å²) >= 11 is 3.47. The van der Waals surface area contributed by atoms with Crippen molar-refractivity contribution in [1.82, 2.24) is 15.8 Å². The van der Waals surface area contributed by atoms with Crippen LogP contribution in [0.2, 0.25) is 0 Å². The van der Waals surface area contributed by atoms with Gasteiger partial charge in [0.15, 0.2) is 0 Å². The van der Waals surface area contributed by atoms with Crippen molar-refractivity contribution in [2.75, 3.05) is 7.11 Å². The molecule has 5 heteroatoms. The number of aromatic amines is 1. The van der Waals surface area contributed by atoms with E-state index in [2.05, 4.69) is 56.0 Å². The molecule has 1 aliphatic rings. The van der Waals surface area contributed by atoms with E-state index in [1.807, 2.05) is 30.5 Å². The Bertz CT molecular complexity index is 883. The molecule has 0 unspecified atom stereocenters. The number of nitrogens with one attached hydrogen (secondary N) is 3. The van der Waals surface area contributed by atoms with Gasteiger partial charge in [-0.1, -0.05) is 28.1 Å². The topological polar surface area (TPSA) is 49.1 Å². The number of hydrazine groups is 1. The fraction of sp³-hybridized carbons (Fsp3) is 0.111. The maximum atomic E-state index is 5.34. The molecule has 2 heterocycles. The molecule has 0 aliphatic carbocycles. The van der Waals surface area contributed by atoms with Gasteiger partial charge in [0.05, 0.1) is 18.8 Å². The van der Waals surface area contributed by atoms with Gasteiger partial charge in [-0.25, -0.2) is 5.43 Å². The Balaban J connectivity index is 1.70. The molecule has 116 valence electrons. The van der Waals surface area contributed by atoms with Crippen LogP contribution < -0.4 is 15.6 Å². The predicted octanol–water partition coefficient (Wildman–Crippen LogP) is 4.13. The predicted molar refractivity (Wildman–Crippen MR) is 96.0 cm³/mol. The van der Waals surface area contributed by atoms with Gasteiger partial charge in [0.2, 0.25) is 0 Å². The van der Waals surface area contributed by atoms with Crippen LogP contribution in [0.1, 0.15) is 17.2 Å². The lowest BCUT2D eigenvalue weighted by Crippen LogP contribution is -2.26. The molecule has 0 bridgehead atoms. The Kier molecular flexibility index (Phi) is 3.59. The molecule has 0 fully saturated rings. The maximum absolute atomic E-state index is 5.34. The van der Waals surface area contributed by atoms with Crippen LogP contribution in [0, 0.1) is 0 Å². The third-order valence-electron chi connectivity index (χ3n) is 4.11. The van der Waals surface area contributed by atoms with Crippen LogP contribution in [0.3, 0.4) is 0 Å². The Hall–Kier alpha value is -2.24. The summed E-state index contributed by atoms with van der Waals surface area (Å²) < 4.78 is 6.42. The molecular weight excluding hydrogens is 354 g/mol. The van der Waals surface area contributed by atoms with E-state index in [-0.39, 0.29) is 6.04 Å². The Morgan fingerprint density at radius 3 is 2.70 bits per heavy atom. The lowest BCUT2D eigenvalue weighted by Gasteiger charge is -2.08. The van der Waals surface area contributed by atoms with Crippen LogP contribution in [-0.2, 0) is 0 Å². The molecule has 1 atom stereocenters. The second kappa shape index (κ2) is 5.76. The van der Waals surface area contributed by atoms with Gasteiger partial charge in [0.1, 0.15) is 5.75 Å². The van der Waals surface area contributed by atoms with Crippen molar-refractivity contribution in [3.63, 3.8) is 0 Å². The Morgan fingerprint density at radius 2 is 1.91 bits per heavy atom. The number of fused-ring (bicyclic) bond motifs is 1. The Labute approximate surface area is 142 Å². The molecule has 0 saturated heterocycles. The van der Waals surface area contributed by atoms with E-state index >= 15 is 0 Å². The summed E-state index contributed by atoms with van der Waals surface area (Å²) in [5.41, 5.74) is 11.1. The van der Waals surface area contributed by atoms with Crippen molar-refractivity contribution in [1.29, 1.82) is 0 Å². The molecule has 2 aromatic carbocycles. The minimum Gasteiger partial charge on any atom is -0.497 e. The van der Waals surface area contributed by atoms with Crippen molar-refractivity contribution in [3.05, 3.63) is 70.3 Å². The molecular formula is C18H16BrN3O.